The quantitative estimate of drug-likeness (QED) is 0.455. The molecule has 0 saturated carbocycles. The van der Waals surface area contributed by atoms with Crippen LogP contribution in [0.4, 0.5) is 0 Å². The van der Waals surface area contributed by atoms with Crippen LogP contribution in [0.1, 0.15) is 23.7 Å². The zero-order chi connectivity index (χ0) is 12.3. The van der Waals surface area contributed by atoms with Gasteiger partial charge in [0.25, 0.3) is 0 Å². The molecule has 0 radical (unpaired) electrons. The summed E-state index contributed by atoms with van der Waals surface area (Å²) in [6.45, 7) is 2.55. The molecule has 1 unspecified atom stereocenters. The Morgan fingerprint density at radius 2 is 2.00 bits per heavy atom. The van der Waals surface area contributed by atoms with Gasteiger partial charge in [0.2, 0.25) is 0 Å². The number of hydrogen-bond donors (Lipinski definition) is 0. The summed E-state index contributed by atoms with van der Waals surface area (Å²) >= 11 is 0. The van der Waals surface area contributed by atoms with E-state index in [4.69, 9.17) is 9.47 Å². The number of benzene rings is 1. The number of Topliss-reactive ketones (excluding diaryl/α,β-unsaturated/α-hetero) is 1. The maximum atomic E-state index is 11.7. The molecule has 0 amide bonds. The van der Waals surface area contributed by atoms with E-state index in [0.717, 1.165) is 0 Å². The van der Waals surface area contributed by atoms with E-state index < -0.39 is 0 Å². The minimum atomic E-state index is -0.266. The topological polar surface area (TPSA) is 52.6 Å². The Kier molecular flexibility index (Phi) is 3.54. The predicted octanol–water partition coefficient (Wildman–Crippen LogP) is 1.83. The van der Waals surface area contributed by atoms with Crippen LogP contribution in [0.3, 0.4) is 0 Å². The first-order valence-electron chi connectivity index (χ1n) is 5.57. The van der Waals surface area contributed by atoms with Gasteiger partial charge in [-0.2, -0.15) is 0 Å². The van der Waals surface area contributed by atoms with Crippen molar-refractivity contribution < 1.29 is 19.1 Å². The van der Waals surface area contributed by atoms with Crippen molar-refractivity contribution in [3.05, 3.63) is 29.8 Å². The van der Waals surface area contributed by atoms with E-state index in [1.807, 2.05) is 0 Å². The first kappa shape index (κ1) is 11.8. The maximum Gasteiger partial charge on any atom is 0.316 e. The third-order valence-corrected chi connectivity index (χ3v) is 2.74. The molecule has 0 aliphatic carbocycles. The second-order valence-corrected chi connectivity index (χ2v) is 4.06. The second kappa shape index (κ2) is 5.10. The monoisotopic (exact) mass is 234 g/mol. The molecule has 2 rings (SSSR count). The molecule has 0 aromatic heterocycles. The molecule has 1 heterocycles. The van der Waals surface area contributed by atoms with E-state index >= 15 is 0 Å². The van der Waals surface area contributed by atoms with E-state index in [1.54, 1.807) is 24.3 Å². The molecule has 1 saturated heterocycles. The summed E-state index contributed by atoms with van der Waals surface area (Å²) in [5, 5.41) is 0. The zero-order valence-electron chi connectivity index (χ0n) is 9.64. The van der Waals surface area contributed by atoms with Crippen molar-refractivity contribution in [2.45, 2.75) is 13.3 Å². The van der Waals surface area contributed by atoms with Crippen molar-refractivity contribution in [2.24, 2.45) is 5.92 Å². The zero-order valence-corrected chi connectivity index (χ0v) is 9.64. The molecule has 0 bridgehead atoms. The lowest BCUT2D eigenvalue weighted by Gasteiger charge is -2.08. The molecule has 1 aromatic rings. The molecular formula is C13H14O4. The van der Waals surface area contributed by atoms with Gasteiger partial charge in [0.05, 0.1) is 12.5 Å². The van der Waals surface area contributed by atoms with Crippen LogP contribution in [0.5, 0.6) is 5.75 Å². The Balaban J connectivity index is 1.98. The highest BCUT2D eigenvalue weighted by Crippen LogP contribution is 2.18. The summed E-state index contributed by atoms with van der Waals surface area (Å²) in [7, 11) is 0. The molecule has 90 valence electrons. The summed E-state index contributed by atoms with van der Waals surface area (Å²) < 4.78 is 10.3. The van der Waals surface area contributed by atoms with Gasteiger partial charge in [0.15, 0.2) is 5.78 Å². The lowest BCUT2D eigenvalue weighted by molar-refractivity contribution is -0.138. The van der Waals surface area contributed by atoms with Crippen LogP contribution in [0.2, 0.25) is 0 Å². The van der Waals surface area contributed by atoms with Crippen molar-refractivity contribution in [3.8, 4) is 5.75 Å². The summed E-state index contributed by atoms with van der Waals surface area (Å²) in [5.41, 5.74) is 0.606. The van der Waals surface area contributed by atoms with E-state index in [0.29, 0.717) is 30.9 Å². The van der Waals surface area contributed by atoms with Crippen LogP contribution in [0, 0.1) is 5.92 Å². The van der Waals surface area contributed by atoms with Gasteiger partial charge >= 0.3 is 5.97 Å². The van der Waals surface area contributed by atoms with Crippen molar-refractivity contribution in [2.75, 3.05) is 13.2 Å². The average molecular weight is 234 g/mol. The van der Waals surface area contributed by atoms with Gasteiger partial charge < -0.3 is 9.47 Å². The molecule has 17 heavy (non-hydrogen) atoms. The molecule has 0 N–H and O–H groups in total. The Labute approximate surface area is 99.5 Å². The third kappa shape index (κ3) is 2.91. The van der Waals surface area contributed by atoms with Gasteiger partial charge in [0, 0.05) is 12.2 Å². The lowest BCUT2D eigenvalue weighted by Crippen LogP contribution is -2.20. The molecule has 1 aromatic carbocycles. The van der Waals surface area contributed by atoms with E-state index in [-0.39, 0.29) is 17.7 Å². The summed E-state index contributed by atoms with van der Waals surface area (Å²) in [6.07, 6.45) is 0.713. The van der Waals surface area contributed by atoms with Crippen LogP contribution < -0.4 is 4.74 Å². The molecule has 1 aliphatic rings. The fraction of sp³-hybridized carbons (Fsp3) is 0.385. The van der Waals surface area contributed by atoms with Gasteiger partial charge in [-0.15, -0.1) is 0 Å². The van der Waals surface area contributed by atoms with Gasteiger partial charge in [-0.05, 0) is 37.6 Å². The molecule has 1 fully saturated rings. The number of hydrogen-bond acceptors (Lipinski definition) is 4. The minimum absolute atomic E-state index is 0.00734. The molecule has 4 nitrogen and oxygen atoms in total. The number of carbonyl (C=O) groups is 2. The Morgan fingerprint density at radius 1 is 1.29 bits per heavy atom. The number of rotatable bonds is 3. The van der Waals surface area contributed by atoms with E-state index in [9.17, 15) is 9.59 Å². The normalized spacial score (nSPS) is 19.0. The van der Waals surface area contributed by atoms with E-state index in [1.165, 1.54) is 6.92 Å². The molecule has 0 spiro atoms. The van der Waals surface area contributed by atoms with Crippen LogP contribution in [-0.4, -0.2) is 25.0 Å². The van der Waals surface area contributed by atoms with Crippen LogP contribution in [0.25, 0.3) is 0 Å². The number of ketones is 1. The van der Waals surface area contributed by atoms with Crippen molar-refractivity contribution in [1.82, 2.24) is 0 Å². The molecule has 1 aliphatic heterocycles. The largest absolute Gasteiger partial charge is 0.426 e. The van der Waals surface area contributed by atoms with E-state index in [2.05, 4.69) is 0 Å². The summed E-state index contributed by atoms with van der Waals surface area (Å²) in [6, 6.07) is 6.56. The SMILES string of the molecule is CC(=O)c1ccc(OC(=O)C2CCOC2)cc1. The minimum Gasteiger partial charge on any atom is -0.426 e. The van der Waals surface area contributed by atoms with Crippen molar-refractivity contribution in [3.63, 3.8) is 0 Å². The van der Waals surface area contributed by atoms with Crippen LogP contribution in [0.15, 0.2) is 24.3 Å². The lowest BCUT2D eigenvalue weighted by atomic mass is 10.1. The van der Waals surface area contributed by atoms with Gasteiger partial charge in [-0.3, -0.25) is 9.59 Å². The van der Waals surface area contributed by atoms with Crippen molar-refractivity contribution >= 4 is 11.8 Å². The summed E-state index contributed by atoms with van der Waals surface area (Å²) in [5.74, 6) is 0.0273. The molecule has 4 heteroatoms. The highest BCUT2D eigenvalue weighted by atomic mass is 16.5. The molecule has 1 atom stereocenters. The first-order chi connectivity index (χ1) is 8.16. The summed E-state index contributed by atoms with van der Waals surface area (Å²) in [4.78, 5) is 22.7. The highest BCUT2D eigenvalue weighted by molar-refractivity contribution is 5.94. The number of ether oxygens (including phenoxy) is 2. The maximum absolute atomic E-state index is 11.7. The van der Waals surface area contributed by atoms with Gasteiger partial charge in [0.1, 0.15) is 5.75 Å². The Hall–Kier alpha value is -1.68. The second-order valence-electron chi connectivity index (χ2n) is 4.06. The fourth-order valence-electron chi connectivity index (χ4n) is 1.68. The number of esters is 1. The van der Waals surface area contributed by atoms with Crippen LogP contribution in [-0.2, 0) is 9.53 Å². The Morgan fingerprint density at radius 3 is 2.53 bits per heavy atom. The highest BCUT2D eigenvalue weighted by Gasteiger charge is 2.25. The van der Waals surface area contributed by atoms with Gasteiger partial charge in [-0.25, -0.2) is 0 Å². The Bertz CT molecular complexity index is 416. The van der Waals surface area contributed by atoms with Gasteiger partial charge in [-0.1, -0.05) is 0 Å². The van der Waals surface area contributed by atoms with Crippen molar-refractivity contribution in [1.29, 1.82) is 0 Å². The standard InChI is InChI=1S/C13H14O4/c1-9(14)10-2-4-12(5-3-10)17-13(15)11-6-7-16-8-11/h2-5,11H,6-8H2,1H3. The first-order valence-corrected chi connectivity index (χ1v) is 5.57. The fourth-order valence-corrected chi connectivity index (χ4v) is 1.68. The molecular weight excluding hydrogens is 220 g/mol. The smallest absolute Gasteiger partial charge is 0.316 e. The average Bonchev–Trinajstić information content (AvgIpc) is 2.83. The predicted molar refractivity (Wildman–Crippen MR) is 61.0 cm³/mol. The van der Waals surface area contributed by atoms with Crippen LogP contribution >= 0.6 is 0 Å². The number of carbonyl (C=O) groups excluding carboxylic acids is 2. The third-order valence-electron chi connectivity index (χ3n) is 2.74.